The van der Waals surface area contributed by atoms with Gasteiger partial charge in [-0.05, 0) is 50.9 Å². The van der Waals surface area contributed by atoms with Crippen molar-refractivity contribution < 1.29 is 9.72 Å². The van der Waals surface area contributed by atoms with Crippen molar-refractivity contribution in [1.29, 1.82) is 0 Å². The Hall–Kier alpha value is -1.66. The molecule has 2 atom stereocenters. The maximum atomic E-state index is 12.3. The number of nitrogens with zero attached hydrogens (tertiary/aromatic N) is 1. The number of nitrogens with one attached hydrogen (secondary N) is 2. The van der Waals surface area contributed by atoms with E-state index in [-0.39, 0.29) is 22.3 Å². The van der Waals surface area contributed by atoms with Crippen molar-refractivity contribution in [3.63, 3.8) is 0 Å². The van der Waals surface area contributed by atoms with E-state index in [1.165, 1.54) is 18.2 Å². The summed E-state index contributed by atoms with van der Waals surface area (Å²) in [5, 5.41) is 17.4. The number of hydrogen-bond donors (Lipinski definition) is 2. The van der Waals surface area contributed by atoms with E-state index in [9.17, 15) is 14.9 Å². The van der Waals surface area contributed by atoms with Gasteiger partial charge in [0.2, 0.25) is 0 Å². The van der Waals surface area contributed by atoms with Crippen LogP contribution in [0.2, 0.25) is 5.02 Å². The second-order valence-electron chi connectivity index (χ2n) is 5.29. The molecule has 21 heavy (non-hydrogen) atoms. The van der Waals surface area contributed by atoms with Crippen LogP contribution in [0.4, 0.5) is 5.69 Å². The van der Waals surface area contributed by atoms with Gasteiger partial charge in [0.15, 0.2) is 0 Å². The van der Waals surface area contributed by atoms with Crippen LogP contribution in [0.25, 0.3) is 0 Å². The zero-order valence-electron chi connectivity index (χ0n) is 11.8. The van der Waals surface area contributed by atoms with Gasteiger partial charge in [-0.15, -0.1) is 0 Å². The van der Waals surface area contributed by atoms with Crippen molar-refractivity contribution >= 4 is 23.2 Å². The van der Waals surface area contributed by atoms with Gasteiger partial charge in [-0.2, -0.15) is 0 Å². The molecule has 1 fully saturated rings. The molecular weight excluding hydrogens is 294 g/mol. The van der Waals surface area contributed by atoms with Crippen molar-refractivity contribution in [2.45, 2.75) is 25.8 Å². The highest BCUT2D eigenvalue weighted by molar-refractivity contribution is 6.31. The molecule has 0 spiro atoms. The first-order chi connectivity index (χ1) is 9.99. The second kappa shape index (κ2) is 6.87. The van der Waals surface area contributed by atoms with Crippen molar-refractivity contribution in [3.05, 3.63) is 38.9 Å². The van der Waals surface area contributed by atoms with Gasteiger partial charge in [0.05, 0.1) is 4.92 Å². The quantitative estimate of drug-likeness (QED) is 0.660. The molecule has 0 aromatic heterocycles. The summed E-state index contributed by atoms with van der Waals surface area (Å²) in [6, 6.07) is 4.03. The Morgan fingerprint density at radius 3 is 2.95 bits per heavy atom. The monoisotopic (exact) mass is 311 g/mol. The number of halogens is 1. The van der Waals surface area contributed by atoms with Gasteiger partial charge in [-0.3, -0.25) is 14.9 Å². The van der Waals surface area contributed by atoms with Gasteiger partial charge >= 0.3 is 0 Å². The van der Waals surface area contributed by atoms with Crippen LogP contribution in [0.15, 0.2) is 18.2 Å². The summed E-state index contributed by atoms with van der Waals surface area (Å²) >= 11 is 5.75. The summed E-state index contributed by atoms with van der Waals surface area (Å²) in [6.07, 6.45) is 2.11. The molecule has 0 radical (unpaired) electrons. The molecule has 1 aromatic carbocycles. The van der Waals surface area contributed by atoms with Crippen LogP contribution in [-0.4, -0.2) is 30.0 Å². The Labute approximate surface area is 128 Å². The number of nitro groups is 1. The Kier molecular flexibility index (Phi) is 5.14. The highest BCUT2D eigenvalue weighted by Crippen LogP contribution is 2.23. The summed E-state index contributed by atoms with van der Waals surface area (Å²) in [4.78, 5) is 22.7. The van der Waals surface area contributed by atoms with Gasteiger partial charge in [-0.25, -0.2) is 0 Å². The molecule has 1 saturated heterocycles. The average Bonchev–Trinajstić information content (AvgIpc) is 2.47. The van der Waals surface area contributed by atoms with Gasteiger partial charge in [0, 0.05) is 17.1 Å². The Morgan fingerprint density at radius 1 is 1.57 bits per heavy atom. The molecule has 1 aliphatic rings. The smallest absolute Gasteiger partial charge is 0.283 e. The molecule has 114 valence electrons. The fourth-order valence-corrected chi connectivity index (χ4v) is 2.72. The SMILES string of the molecule is CC(NC(=O)c1ccc(Cl)cc1[N+](=O)[O-])C1CCCNC1. The summed E-state index contributed by atoms with van der Waals surface area (Å²) in [7, 11) is 0. The third-order valence-electron chi connectivity index (χ3n) is 3.80. The van der Waals surface area contributed by atoms with Crippen LogP contribution < -0.4 is 10.6 Å². The molecule has 0 saturated carbocycles. The van der Waals surface area contributed by atoms with Crippen molar-refractivity contribution in [2.75, 3.05) is 13.1 Å². The predicted molar refractivity (Wildman–Crippen MR) is 80.6 cm³/mol. The summed E-state index contributed by atoms with van der Waals surface area (Å²) < 4.78 is 0. The van der Waals surface area contributed by atoms with Gasteiger partial charge in [0.1, 0.15) is 5.56 Å². The first kappa shape index (κ1) is 15.7. The number of nitro benzene ring substituents is 1. The lowest BCUT2D eigenvalue weighted by atomic mass is 9.92. The number of piperidine rings is 1. The van der Waals surface area contributed by atoms with Crippen LogP contribution >= 0.6 is 11.6 Å². The van der Waals surface area contributed by atoms with Crippen LogP contribution in [0.5, 0.6) is 0 Å². The largest absolute Gasteiger partial charge is 0.349 e. The third-order valence-corrected chi connectivity index (χ3v) is 4.04. The van der Waals surface area contributed by atoms with E-state index in [1.807, 2.05) is 6.92 Å². The lowest BCUT2D eigenvalue weighted by molar-refractivity contribution is -0.385. The summed E-state index contributed by atoms with van der Waals surface area (Å²) in [5.41, 5.74) is -0.228. The van der Waals surface area contributed by atoms with Crippen LogP contribution in [-0.2, 0) is 0 Å². The van der Waals surface area contributed by atoms with Crippen LogP contribution in [0.1, 0.15) is 30.1 Å². The number of amides is 1. The first-order valence-electron chi connectivity index (χ1n) is 6.94. The first-order valence-corrected chi connectivity index (χ1v) is 7.32. The highest BCUT2D eigenvalue weighted by atomic mass is 35.5. The van der Waals surface area contributed by atoms with E-state index in [0.717, 1.165) is 25.9 Å². The van der Waals surface area contributed by atoms with E-state index in [1.54, 1.807) is 0 Å². The zero-order valence-corrected chi connectivity index (χ0v) is 12.5. The molecular formula is C14H18ClN3O3. The van der Waals surface area contributed by atoms with Crippen molar-refractivity contribution in [2.24, 2.45) is 5.92 Å². The number of benzene rings is 1. The van der Waals surface area contributed by atoms with Crippen molar-refractivity contribution in [3.8, 4) is 0 Å². The number of carbonyl (C=O) groups is 1. The molecule has 7 heteroatoms. The fraction of sp³-hybridized carbons (Fsp3) is 0.500. The minimum absolute atomic E-state index is 0.0411. The standard InChI is InChI=1S/C14H18ClN3O3/c1-9(10-3-2-6-16-8-10)17-14(19)12-5-4-11(15)7-13(12)18(20)21/h4-5,7,9-10,16H,2-3,6,8H2,1H3,(H,17,19). The molecule has 2 N–H and O–H groups in total. The lowest BCUT2D eigenvalue weighted by Gasteiger charge is -2.28. The molecule has 1 aliphatic heterocycles. The molecule has 0 bridgehead atoms. The minimum atomic E-state index is -0.590. The lowest BCUT2D eigenvalue weighted by Crippen LogP contribution is -2.44. The number of carbonyl (C=O) groups excluding carboxylic acids is 1. The number of hydrogen-bond acceptors (Lipinski definition) is 4. The van der Waals surface area contributed by atoms with Gasteiger partial charge in [0.25, 0.3) is 11.6 Å². The highest BCUT2D eigenvalue weighted by Gasteiger charge is 2.25. The summed E-state index contributed by atoms with van der Waals surface area (Å²) in [5.74, 6) is -0.0921. The average molecular weight is 312 g/mol. The Morgan fingerprint density at radius 2 is 2.33 bits per heavy atom. The maximum Gasteiger partial charge on any atom is 0.283 e. The van der Waals surface area contributed by atoms with E-state index in [0.29, 0.717) is 5.92 Å². The van der Waals surface area contributed by atoms with E-state index in [4.69, 9.17) is 11.6 Å². The van der Waals surface area contributed by atoms with Crippen LogP contribution in [0, 0.1) is 16.0 Å². The maximum absolute atomic E-state index is 12.3. The normalized spacial score (nSPS) is 19.8. The fourth-order valence-electron chi connectivity index (χ4n) is 2.56. The van der Waals surface area contributed by atoms with Gasteiger partial charge in [-0.1, -0.05) is 11.6 Å². The van der Waals surface area contributed by atoms with E-state index >= 15 is 0 Å². The zero-order chi connectivity index (χ0) is 15.4. The van der Waals surface area contributed by atoms with Gasteiger partial charge < -0.3 is 10.6 Å². The molecule has 1 aromatic rings. The molecule has 1 heterocycles. The Bertz CT molecular complexity index is 544. The second-order valence-corrected chi connectivity index (χ2v) is 5.72. The molecule has 0 aliphatic carbocycles. The van der Waals surface area contributed by atoms with Crippen LogP contribution in [0.3, 0.4) is 0 Å². The Balaban J connectivity index is 2.11. The van der Waals surface area contributed by atoms with Crippen molar-refractivity contribution in [1.82, 2.24) is 10.6 Å². The molecule has 6 nitrogen and oxygen atoms in total. The van der Waals surface area contributed by atoms with E-state index in [2.05, 4.69) is 10.6 Å². The molecule has 2 unspecified atom stereocenters. The number of rotatable bonds is 4. The summed E-state index contributed by atoms with van der Waals surface area (Å²) in [6.45, 7) is 3.78. The predicted octanol–water partition coefficient (Wildman–Crippen LogP) is 2.37. The topological polar surface area (TPSA) is 84.3 Å². The minimum Gasteiger partial charge on any atom is -0.349 e. The molecule has 1 amide bonds. The van der Waals surface area contributed by atoms with E-state index < -0.39 is 10.8 Å². The third kappa shape index (κ3) is 3.92. The molecule has 2 rings (SSSR count).